The van der Waals surface area contributed by atoms with E-state index in [1.807, 2.05) is 0 Å². The van der Waals surface area contributed by atoms with Gasteiger partial charge in [-0.2, -0.15) is 0 Å². The summed E-state index contributed by atoms with van der Waals surface area (Å²) in [6, 6.07) is 0. The van der Waals surface area contributed by atoms with Gasteiger partial charge in [0.25, 0.3) is 4.80 Å². The van der Waals surface area contributed by atoms with E-state index in [9.17, 15) is 4.79 Å². The molecule has 7 heteroatoms. The highest BCUT2D eigenvalue weighted by Crippen LogP contribution is 2.31. The van der Waals surface area contributed by atoms with E-state index in [2.05, 4.69) is 25.8 Å². The van der Waals surface area contributed by atoms with Gasteiger partial charge in [0.15, 0.2) is 0 Å². The lowest BCUT2D eigenvalue weighted by Gasteiger charge is -2.22. The SMILES string of the molecule is CCOC(=O)CCN1CC[C@@H](c2coc(Br)n2)[C@H]1N. The summed E-state index contributed by atoms with van der Waals surface area (Å²) < 4.78 is 10.1. The van der Waals surface area contributed by atoms with E-state index >= 15 is 0 Å². The smallest absolute Gasteiger partial charge is 0.307 e. The van der Waals surface area contributed by atoms with Crippen LogP contribution in [0.1, 0.15) is 31.4 Å². The molecule has 0 spiro atoms. The molecule has 0 aromatic carbocycles. The molecule has 0 radical (unpaired) electrons. The zero-order chi connectivity index (χ0) is 13.8. The maximum atomic E-state index is 11.3. The van der Waals surface area contributed by atoms with E-state index in [1.165, 1.54) is 0 Å². The molecular formula is C12H18BrN3O3. The Kier molecular flexibility index (Phi) is 4.95. The highest BCUT2D eigenvalue weighted by atomic mass is 79.9. The van der Waals surface area contributed by atoms with Crippen LogP contribution in [0.3, 0.4) is 0 Å². The first-order valence-electron chi connectivity index (χ1n) is 6.38. The minimum atomic E-state index is -0.178. The van der Waals surface area contributed by atoms with Crippen LogP contribution >= 0.6 is 15.9 Å². The minimum absolute atomic E-state index is 0.133. The molecule has 19 heavy (non-hydrogen) atoms. The molecule has 0 aliphatic carbocycles. The lowest BCUT2D eigenvalue weighted by molar-refractivity contribution is -0.143. The second-order valence-corrected chi connectivity index (χ2v) is 5.18. The van der Waals surface area contributed by atoms with Crippen LogP contribution in [0, 0.1) is 0 Å². The van der Waals surface area contributed by atoms with Crippen molar-refractivity contribution in [3.8, 4) is 0 Å². The van der Waals surface area contributed by atoms with Gasteiger partial charge in [0.1, 0.15) is 6.26 Å². The number of carbonyl (C=O) groups is 1. The Morgan fingerprint density at radius 3 is 3.16 bits per heavy atom. The quantitative estimate of drug-likeness (QED) is 0.822. The number of carbonyl (C=O) groups excluding carboxylic acids is 1. The first-order valence-corrected chi connectivity index (χ1v) is 7.17. The van der Waals surface area contributed by atoms with Gasteiger partial charge >= 0.3 is 5.97 Å². The highest BCUT2D eigenvalue weighted by Gasteiger charge is 2.34. The number of halogens is 1. The molecule has 0 amide bonds. The van der Waals surface area contributed by atoms with Gasteiger partial charge in [-0.25, -0.2) is 4.98 Å². The molecule has 2 heterocycles. The number of nitrogens with zero attached hydrogens (tertiary/aromatic N) is 2. The van der Waals surface area contributed by atoms with Crippen LogP contribution in [-0.4, -0.2) is 41.7 Å². The monoisotopic (exact) mass is 331 g/mol. The second-order valence-electron chi connectivity index (χ2n) is 4.50. The van der Waals surface area contributed by atoms with Gasteiger partial charge in [-0.15, -0.1) is 0 Å². The zero-order valence-electron chi connectivity index (χ0n) is 10.8. The third-order valence-electron chi connectivity index (χ3n) is 3.34. The van der Waals surface area contributed by atoms with Gasteiger partial charge in [-0.05, 0) is 13.3 Å². The molecular weight excluding hydrogens is 314 g/mol. The average Bonchev–Trinajstić information content (AvgIpc) is 2.94. The maximum Gasteiger partial charge on any atom is 0.307 e. The third-order valence-corrected chi connectivity index (χ3v) is 3.71. The molecule has 1 fully saturated rings. The fourth-order valence-electron chi connectivity index (χ4n) is 2.36. The van der Waals surface area contributed by atoms with Crippen molar-refractivity contribution in [3.63, 3.8) is 0 Å². The number of likely N-dealkylation sites (tertiary alicyclic amines) is 1. The lowest BCUT2D eigenvalue weighted by atomic mass is 10.0. The van der Waals surface area contributed by atoms with Crippen LogP contribution in [0.4, 0.5) is 0 Å². The van der Waals surface area contributed by atoms with Crippen LogP contribution in [-0.2, 0) is 9.53 Å². The largest absolute Gasteiger partial charge is 0.466 e. The first kappa shape index (κ1) is 14.5. The predicted octanol–water partition coefficient (Wildman–Crippen LogP) is 1.46. The number of nitrogens with two attached hydrogens (primary N) is 1. The molecule has 1 saturated heterocycles. The number of esters is 1. The Hall–Kier alpha value is -0.920. The van der Waals surface area contributed by atoms with Gasteiger partial charge in [-0.3, -0.25) is 9.69 Å². The Bertz CT molecular complexity index is 438. The Morgan fingerprint density at radius 2 is 2.53 bits per heavy atom. The number of hydrogen-bond donors (Lipinski definition) is 1. The number of ether oxygens (including phenoxy) is 1. The number of aromatic nitrogens is 1. The van der Waals surface area contributed by atoms with Crippen LogP contribution < -0.4 is 5.73 Å². The van der Waals surface area contributed by atoms with E-state index in [0.29, 0.717) is 24.4 Å². The zero-order valence-corrected chi connectivity index (χ0v) is 12.4. The van der Waals surface area contributed by atoms with E-state index in [-0.39, 0.29) is 18.1 Å². The molecule has 1 aromatic rings. The van der Waals surface area contributed by atoms with E-state index in [4.69, 9.17) is 14.9 Å². The molecule has 0 saturated carbocycles. The van der Waals surface area contributed by atoms with Crippen molar-refractivity contribution in [2.45, 2.75) is 31.8 Å². The van der Waals surface area contributed by atoms with Crippen molar-refractivity contribution < 1.29 is 13.9 Å². The van der Waals surface area contributed by atoms with Gasteiger partial charge in [0.2, 0.25) is 0 Å². The summed E-state index contributed by atoms with van der Waals surface area (Å²) in [6.07, 6.45) is 2.79. The van der Waals surface area contributed by atoms with Crippen molar-refractivity contribution in [2.24, 2.45) is 5.73 Å². The molecule has 106 valence electrons. The average molecular weight is 332 g/mol. The first-order chi connectivity index (χ1) is 9.11. The highest BCUT2D eigenvalue weighted by molar-refractivity contribution is 9.10. The molecule has 1 aliphatic heterocycles. The van der Waals surface area contributed by atoms with Gasteiger partial charge < -0.3 is 14.9 Å². The summed E-state index contributed by atoms with van der Waals surface area (Å²) in [6.45, 7) is 3.70. The Balaban J connectivity index is 1.87. The number of oxazole rings is 1. The summed E-state index contributed by atoms with van der Waals surface area (Å²) in [7, 11) is 0. The summed E-state index contributed by atoms with van der Waals surface area (Å²) in [5.74, 6) is -0.0282. The summed E-state index contributed by atoms with van der Waals surface area (Å²) in [4.78, 5) is 18.2. The van der Waals surface area contributed by atoms with E-state index < -0.39 is 0 Å². The summed E-state index contributed by atoms with van der Waals surface area (Å²) in [5.41, 5.74) is 7.06. The van der Waals surface area contributed by atoms with Crippen LogP contribution in [0.25, 0.3) is 0 Å². The maximum absolute atomic E-state index is 11.3. The normalized spacial score (nSPS) is 23.7. The number of rotatable bonds is 5. The van der Waals surface area contributed by atoms with E-state index in [1.54, 1.807) is 13.2 Å². The summed E-state index contributed by atoms with van der Waals surface area (Å²) in [5, 5.41) is 0. The van der Waals surface area contributed by atoms with Crippen molar-refractivity contribution in [1.82, 2.24) is 9.88 Å². The van der Waals surface area contributed by atoms with Gasteiger partial charge in [0.05, 0.1) is 24.9 Å². The van der Waals surface area contributed by atoms with Crippen LogP contribution in [0.5, 0.6) is 0 Å². The standard InChI is InChI=1S/C12H18BrN3O3/c1-2-18-10(17)4-6-16-5-3-8(11(16)14)9-7-19-12(13)15-9/h7-8,11H,2-6,14H2,1H3/t8-,11-/m0/s1. The van der Waals surface area contributed by atoms with E-state index in [0.717, 1.165) is 18.7 Å². The topological polar surface area (TPSA) is 81.6 Å². The second kappa shape index (κ2) is 6.49. The lowest BCUT2D eigenvalue weighted by Crippen LogP contribution is -2.40. The fourth-order valence-corrected chi connectivity index (χ4v) is 2.66. The molecule has 0 unspecified atom stereocenters. The van der Waals surface area contributed by atoms with Crippen molar-refractivity contribution >= 4 is 21.9 Å². The van der Waals surface area contributed by atoms with Gasteiger partial charge in [0, 0.05) is 34.9 Å². The summed E-state index contributed by atoms with van der Waals surface area (Å²) >= 11 is 3.19. The van der Waals surface area contributed by atoms with Crippen molar-refractivity contribution in [1.29, 1.82) is 0 Å². The molecule has 2 rings (SSSR count). The Morgan fingerprint density at radius 1 is 1.74 bits per heavy atom. The van der Waals surface area contributed by atoms with Crippen LogP contribution in [0.2, 0.25) is 0 Å². The molecule has 1 aromatic heterocycles. The molecule has 2 N–H and O–H groups in total. The predicted molar refractivity (Wildman–Crippen MR) is 72.4 cm³/mol. The van der Waals surface area contributed by atoms with Crippen molar-refractivity contribution in [3.05, 3.63) is 16.8 Å². The molecule has 6 nitrogen and oxygen atoms in total. The molecule has 0 bridgehead atoms. The minimum Gasteiger partial charge on any atom is -0.466 e. The van der Waals surface area contributed by atoms with Gasteiger partial charge in [-0.1, -0.05) is 0 Å². The molecule has 1 aliphatic rings. The molecule has 2 atom stereocenters. The van der Waals surface area contributed by atoms with Crippen LogP contribution in [0.15, 0.2) is 15.5 Å². The number of hydrogen-bond acceptors (Lipinski definition) is 6. The third kappa shape index (κ3) is 3.55. The fraction of sp³-hybridized carbons (Fsp3) is 0.667. The van der Waals surface area contributed by atoms with Crippen molar-refractivity contribution in [2.75, 3.05) is 19.7 Å². The Labute approximate surface area is 120 Å².